The first-order valence-electron chi connectivity index (χ1n) is 7.23. The predicted molar refractivity (Wildman–Crippen MR) is 89.0 cm³/mol. The van der Waals surface area contributed by atoms with Crippen molar-refractivity contribution < 1.29 is 24.2 Å². The third kappa shape index (κ3) is 3.52. The molecule has 9 heteroatoms. The molecule has 0 saturated carbocycles. The number of halogens is 1. The van der Waals surface area contributed by atoms with E-state index in [0.29, 0.717) is 5.75 Å². The van der Waals surface area contributed by atoms with E-state index in [1.807, 2.05) is 6.07 Å². The highest BCUT2D eigenvalue weighted by Gasteiger charge is 2.35. The molecule has 132 valence electrons. The third-order valence-corrected chi connectivity index (χ3v) is 4.03. The molecule has 2 N–H and O–H groups in total. The molecule has 0 atom stereocenters. The molecule has 0 aromatic heterocycles. The van der Waals surface area contributed by atoms with Gasteiger partial charge in [-0.3, -0.25) is 4.79 Å². The van der Waals surface area contributed by atoms with Gasteiger partial charge in [-0.25, -0.2) is 4.79 Å². The predicted octanol–water partition coefficient (Wildman–Crippen LogP) is 0.894. The highest BCUT2D eigenvalue weighted by atomic mass is 35.5. The van der Waals surface area contributed by atoms with Crippen LogP contribution >= 0.6 is 11.6 Å². The molecular formula is C16H16ClN3O5. The number of hydrogen-bond donors (Lipinski definition) is 2. The largest absolute Gasteiger partial charge is 0.495 e. The summed E-state index contributed by atoms with van der Waals surface area (Å²) in [5.74, 6) is -0.882. The number of nitriles is 1. The van der Waals surface area contributed by atoms with Crippen LogP contribution in [0.3, 0.4) is 0 Å². The van der Waals surface area contributed by atoms with Crippen LogP contribution in [-0.4, -0.2) is 55.8 Å². The molecule has 0 bridgehead atoms. The zero-order chi connectivity index (χ0) is 18.6. The van der Waals surface area contributed by atoms with Crippen molar-refractivity contribution in [2.24, 2.45) is 0 Å². The van der Waals surface area contributed by atoms with Crippen molar-refractivity contribution in [2.45, 2.75) is 0 Å². The highest BCUT2D eigenvalue weighted by molar-refractivity contribution is 6.35. The molecule has 0 saturated heterocycles. The van der Waals surface area contributed by atoms with Crippen molar-refractivity contribution in [3.8, 4) is 11.8 Å². The summed E-state index contributed by atoms with van der Waals surface area (Å²) >= 11 is 6.24. The number of nitrogens with zero attached hydrogens (tertiary/aromatic N) is 2. The maximum absolute atomic E-state index is 12.5. The average molecular weight is 366 g/mol. The second-order valence-corrected chi connectivity index (χ2v) is 5.41. The number of benzene rings is 1. The van der Waals surface area contributed by atoms with E-state index in [1.54, 1.807) is 0 Å². The lowest BCUT2D eigenvalue weighted by molar-refractivity contribution is -0.136. The molecule has 0 aliphatic carbocycles. The van der Waals surface area contributed by atoms with E-state index in [-0.39, 0.29) is 47.2 Å². The Labute approximate surface area is 149 Å². The number of nitrogens with one attached hydrogen (secondary N) is 1. The standard InChI is InChI=1S/C16H16ClN3O5/c1-24-11-4-3-9(7-18)13(12(11)17)19-14-10(16(23)25-2)8-20(5-6-21)15(14)22/h3-4,19,21H,5-6,8H2,1-2H3. The average Bonchev–Trinajstić information content (AvgIpc) is 2.92. The molecule has 1 aliphatic rings. The Morgan fingerprint density at radius 3 is 2.76 bits per heavy atom. The second kappa shape index (κ2) is 7.88. The molecule has 8 nitrogen and oxygen atoms in total. The summed E-state index contributed by atoms with van der Waals surface area (Å²) in [4.78, 5) is 25.8. The van der Waals surface area contributed by atoms with Crippen molar-refractivity contribution in [3.63, 3.8) is 0 Å². The molecule has 0 radical (unpaired) electrons. The van der Waals surface area contributed by atoms with E-state index in [2.05, 4.69) is 5.32 Å². The zero-order valence-corrected chi connectivity index (χ0v) is 14.4. The first kappa shape index (κ1) is 18.6. The Kier molecular flexibility index (Phi) is 5.85. The molecule has 0 spiro atoms. The van der Waals surface area contributed by atoms with Crippen molar-refractivity contribution in [2.75, 3.05) is 39.2 Å². The van der Waals surface area contributed by atoms with Gasteiger partial charge in [0.15, 0.2) is 0 Å². The Bertz CT molecular complexity index is 785. The maximum Gasteiger partial charge on any atom is 0.337 e. The minimum atomic E-state index is -0.686. The summed E-state index contributed by atoms with van der Waals surface area (Å²) in [7, 11) is 2.62. The van der Waals surface area contributed by atoms with Gasteiger partial charge in [0.2, 0.25) is 0 Å². The summed E-state index contributed by atoms with van der Waals surface area (Å²) < 4.78 is 9.82. The smallest absolute Gasteiger partial charge is 0.337 e. The molecule has 0 fully saturated rings. The lowest BCUT2D eigenvalue weighted by atomic mass is 10.1. The lowest BCUT2D eigenvalue weighted by Crippen LogP contribution is -2.31. The summed E-state index contributed by atoms with van der Waals surface area (Å²) in [6.45, 7) is -0.212. The van der Waals surface area contributed by atoms with Crippen LogP contribution in [0.5, 0.6) is 5.75 Å². The number of anilines is 1. The van der Waals surface area contributed by atoms with E-state index >= 15 is 0 Å². The van der Waals surface area contributed by atoms with E-state index in [1.165, 1.54) is 31.3 Å². The molecule has 1 aromatic carbocycles. The fourth-order valence-corrected chi connectivity index (χ4v) is 2.69. The molecule has 2 rings (SSSR count). The summed E-state index contributed by atoms with van der Waals surface area (Å²) in [5, 5.41) is 21.2. The van der Waals surface area contributed by atoms with Crippen LogP contribution in [-0.2, 0) is 14.3 Å². The number of carbonyl (C=O) groups is 2. The van der Waals surface area contributed by atoms with Crippen LogP contribution in [0.25, 0.3) is 0 Å². The maximum atomic E-state index is 12.5. The van der Waals surface area contributed by atoms with Gasteiger partial charge in [0.1, 0.15) is 22.5 Å². The van der Waals surface area contributed by atoms with Crippen LogP contribution in [0.4, 0.5) is 5.69 Å². The van der Waals surface area contributed by atoms with Crippen LogP contribution in [0.15, 0.2) is 23.4 Å². The van der Waals surface area contributed by atoms with Gasteiger partial charge in [-0.15, -0.1) is 0 Å². The first-order chi connectivity index (χ1) is 12.0. The monoisotopic (exact) mass is 365 g/mol. The quantitative estimate of drug-likeness (QED) is 0.720. The molecule has 1 aromatic rings. The minimum Gasteiger partial charge on any atom is -0.495 e. The highest BCUT2D eigenvalue weighted by Crippen LogP contribution is 2.36. The van der Waals surface area contributed by atoms with Crippen molar-refractivity contribution in [1.29, 1.82) is 5.26 Å². The van der Waals surface area contributed by atoms with Crippen molar-refractivity contribution in [3.05, 3.63) is 34.0 Å². The van der Waals surface area contributed by atoms with Gasteiger partial charge in [-0.2, -0.15) is 5.26 Å². The van der Waals surface area contributed by atoms with Crippen LogP contribution in [0.2, 0.25) is 5.02 Å². The Balaban J connectivity index is 2.51. The van der Waals surface area contributed by atoms with Gasteiger partial charge >= 0.3 is 5.97 Å². The number of ether oxygens (including phenoxy) is 2. The Hall–Kier alpha value is -2.76. The topological polar surface area (TPSA) is 112 Å². The second-order valence-electron chi connectivity index (χ2n) is 5.04. The van der Waals surface area contributed by atoms with Gasteiger partial charge in [0.25, 0.3) is 5.91 Å². The first-order valence-corrected chi connectivity index (χ1v) is 7.61. The number of aliphatic hydroxyl groups excluding tert-OH is 1. The summed E-state index contributed by atoms with van der Waals surface area (Å²) in [6.07, 6.45) is 0. The number of β-amino-alcohol motifs (C(OH)–C–C–N with tert-alkyl or cyclic N) is 1. The summed E-state index contributed by atoms with van der Waals surface area (Å²) in [5.41, 5.74) is 0.366. The fourth-order valence-electron chi connectivity index (χ4n) is 2.40. The van der Waals surface area contributed by atoms with Crippen LogP contribution < -0.4 is 10.1 Å². The van der Waals surface area contributed by atoms with E-state index in [4.69, 9.17) is 26.2 Å². The van der Waals surface area contributed by atoms with E-state index < -0.39 is 11.9 Å². The van der Waals surface area contributed by atoms with Crippen LogP contribution in [0.1, 0.15) is 5.56 Å². The van der Waals surface area contributed by atoms with Crippen molar-refractivity contribution in [1.82, 2.24) is 4.90 Å². The van der Waals surface area contributed by atoms with Gasteiger partial charge < -0.3 is 24.8 Å². The Morgan fingerprint density at radius 2 is 2.20 bits per heavy atom. The van der Waals surface area contributed by atoms with Crippen molar-refractivity contribution >= 4 is 29.2 Å². The molecule has 1 amide bonds. The van der Waals surface area contributed by atoms with E-state index in [9.17, 15) is 14.9 Å². The SMILES string of the molecule is COC(=O)C1=C(Nc2c(C#N)ccc(OC)c2Cl)C(=O)N(CCO)C1. The lowest BCUT2D eigenvalue weighted by Gasteiger charge is -2.16. The van der Waals surface area contributed by atoms with Crippen LogP contribution in [0, 0.1) is 11.3 Å². The third-order valence-electron chi connectivity index (χ3n) is 3.65. The molecule has 25 heavy (non-hydrogen) atoms. The molecule has 1 heterocycles. The number of methoxy groups -OCH3 is 2. The van der Waals surface area contributed by atoms with E-state index in [0.717, 1.165) is 0 Å². The fraction of sp³-hybridized carbons (Fsp3) is 0.312. The normalized spacial score (nSPS) is 13.7. The number of esters is 1. The number of hydrogen-bond acceptors (Lipinski definition) is 7. The Morgan fingerprint density at radius 1 is 1.48 bits per heavy atom. The van der Waals surface area contributed by atoms with Gasteiger partial charge in [0, 0.05) is 6.54 Å². The van der Waals surface area contributed by atoms with Gasteiger partial charge in [-0.1, -0.05) is 11.6 Å². The number of amides is 1. The van der Waals surface area contributed by atoms with Gasteiger partial charge in [0.05, 0.1) is 44.2 Å². The zero-order valence-electron chi connectivity index (χ0n) is 13.6. The minimum absolute atomic E-state index is 0.0160. The van der Waals surface area contributed by atoms with Gasteiger partial charge in [-0.05, 0) is 12.1 Å². The number of carbonyl (C=O) groups excluding carboxylic acids is 2. The molecule has 1 aliphatic heterocycles. The number of aliphatic hydroxyl groups is 1. The molecular weight excluding hydrogens is 350 g/mol. The summed E-state index contributed by atoms with van der Waals surface area (Å²) in [6, 6.07) is 4.97. The number of rotatable bonds is 6. The molecule has 0 unspecified atom stereocenters.